The average molecular weight is 526 g/mol. The van der Waals surface area contributed by atoms with Gasteiger partial charge in [0.1, 0.15) is 5.75 Å². The highest BCUT2D eigenvalue weighted by molar-refractivity contribution is 6.37. The quantitative estimate of drug-likeness (QED) is 0.230. The van der Waals surface area contributed by atoms with Gasteiger partial charge in [-0.1, -0.05) is 23.2 Å². The predicted molar refractivity (Wildman–Crippen MR) is 145 cm³/mol. The van der Waals surface area contributed by atoms with Crippen molar-refractivity contribution in [3.05, 3.63) is 51.9 Å². The van der Waals surface area contributed by atoms with Gasteiger partial charge in [-0.05, 0) is 31.6 Å². The number of rotatable bonds is 9. The molecule has 1 aliphatic heterocycles. The second-order valence-electron chi connectivity index (χ2n) is 8.32. The van der Waals surface area contributed by atoms with E-state index in [4.69, 9.17) is 52.0 Å². The molecule has 1 aromatic heterocycles. The number of anilines is 2. The molecular formula is C25H26BCl2N5O3. The lowest BCUT2D eigenvalue weighted by Gasteiger charge is -2.32. The largest absolute Gasteiger partial charge is 0.495 e. The highest BCUT2D eigenvalue weighted by atomic mass is 35.5. The number of methoxy groups -OCH3 is 2. The van der Waals surface area contributed by atoms with Crippen LogP contribution in [-0.4, -0.2) is 76.2 Å². The van der Waals surface area contributed by atoms with Gasteiger partial charge in [-0.2, -0.15) is 0 Å². The first kappa shape index (κ1) is 26.2. The van der Waals surface area contributed by atoms with Crippen LogP contribution in [0.4, 0.5) is 17.1 Å². The third kappa shape index (κ3) is 5.90. The normalized spacial score (nSPS) is 14.4. The molecule has 0 unspecified atom stereocenters. The molecule has 1 aliphatic rings. The van der Waals surface area contributed by atoms with Crippen molar-refractivity contribution in [2.45, 2.75) is 6.42 Å². The number of nitrogens with one attached hydrogen (secondary N) is 1. The molecule has 36 heavy (non-hydrogen) atoms. The van der Waals surface area contributed by atoms with Crippen LogP contribution in [0.25, 0.3) is 15.7 Å². The maximum absolute atomic E-state index is 7.64. The molecular weight excluding hydrogens is 500 g/mol. The molecule has 0 bridgehead atoms. The number of ether oxygens (including phenoxy) is 3. The fourth-order valence-electron chi connectivity index (χ4n) is 4.05. The van der Waals surface area contributed by atoms with Crippen LogP contribution in [0.2, 0.25) is 10.0 Å². The summed E-state index contributed by atoms with van der Waals surface area (Å²) in [5.41, 5.74) is 2.08. The third-order valence-electron chi connectivity index (χ3n) is 6.04. The zero-order chi connectivity index (χ0) is 25.7. The summed E-state index contributed by atoms with van der Waals surface area (Å²) in [5.74, 6) is 1.60. The SMILES string of the molecule is [B]N1CCN(CCCOc2cc3ncc([N+]#[C-])c(Nc4cc(OC)c(Cl)cc4Cl)c3cc2OC)CC1. The number of hydrogen-bond donors (Lipinski definition) is 1. The van der Waals surface area contributed by atoms with Gasteiger partial charge in [-0.25, -0.2) is 4.85 Å². The number of fused-ring (bicyclic) bond motifs is 1. The molecule has 3 aromatic rings. The molecule has 0 amide bonds. The summed E-state index contributed by atoms with van der Waals surface area (Å²) in [6.07, 6.45) is 2.39. The van der Waals surface area contributed by atoms with Crippen molar-refractivity contribution < 1.29 is 14.2 Å². The molecule has 186 valence electrons. The van der Waals surface area contributed by atoms with Gasteiger partial charge in [0.2, 0.25) is 5.69 Å². The lowest BCUT2D eigenvalue weighted by Crippen LogP contribution is -2.45. The van der Waals surface area contributed by atoms with Gasteiger partial charge in [-0.15, -0.1) is 0 Å². The molecule has 0 atom stereocenters. The van der Waals surface area contributed by atoms with E-state index in [1.165, 1.54) is 13.3 Å². The highest BCUT2D eigenvalue weighted by Crippen LogP contribution is 2.42. The Labute approximate surface area is 222 Å². The lowest BCUT2D eigenvalue weighted by atomic mass is 10.1. The lowest BCUT2D eigenvalue weighted by molar-refractivity contribution is 0.176. The van der Waals surface area contributed by atoms with Crippen molar-refractivity contribution in [1.82, 2.24) is 14.7 Å². The number of aromatic nitrogens is 1. The molecule has 0 saturated carbocycles. The summed E-state index contributed by atoms with van der Waals surface area (Å²) in [6, 6.07) is 6.92. The van der Waals surface area contributed by atoms with E-state index >= 15 is 0 Å². The van der Waals surface area contributed by atoms with Gasteiger partial charge in [0, 0.05) is 43.4 Å². The van der Waals surface area contributed by atoms with E-state index in [2.05, 4.69) is 20.0 Å². The van der Waals surface area contributed by atoms with Crippen molar-refractivity contribution in [1.29, 1.82) is 0 Å². The number of nitrogens with zero attached hydrogens (tertiary/aromatic N) is 4. The summed E-state index contributed by atoms with van der Waals surface area (Å²) in [5, 5.41) is 4.73. The zero-order valence-corrected chi connectivity index (χ0v) is 21.7. The van der Waals surface area contributed by atoms with Crippen LogP contribution in [0.3, 0.4) is 0 Å². The Bertz CT molecular complexity index is 1280. The summed E-state index contributed by atoms with van der Waals surface area (Å²) in [4.78, 5) is 12.3. The van der Waals surface area contributed by atoms with Gasteiger partial charge >= 0.3 is 0 Å². The van der Waals surface area contributed by atoms with Crippen LogP contribution >= 0.6 is 23.2 Å². The molecule has 1 fully saturated rings. The first-order valence-electron chi connectivity index (χ1n) is 11.5. The number of halogens is 2. The van der Waals surface area contributed by atoms with Crippen molar-refractivity contribution in [3.63, 3.8) is 0 Å². The maximum Gasteiger partial charge on any atom is 0.228 e. The van der Waals surface area contributed by atoms with Crippen LogP contribution < -0.4 is 19.5 Å². The Balaban J connectivity index is 1.57. The smallest absolute Gasteiger partial charge is 0.228 e. The Morgan fingerprint density at radius 1 is 1.03 bits per heavy atom. The van der Waals surface area contributed by atoms with Crippen molar-refractivity contribution in [2.75, 3.05) is 58.9 Å². The van der Waals surface area contributed by atoms with Crippen LogP contribution in [0.15, 0.2) is 30.5 Å². The van der Waals surface area contributed by atoms with E-state index < -0.39 is 0 Å². The Hall–Kier alpha value is -2.90. The fourth-order valence-corrected chi connectivity index (χ4v) is 4.56. The second-order valence-corrected chi connectivity index (χ2v) is 9.14. The van der Waals surface area contributed by atoms with Gasteiger partial charge < -0.3 is 29.2 Å². The summed E-state index contributed by atoms with van der Waals surface area (Å²) in [6.45, 7) is 12.8. The second kappa shape index (κ2) is 11.9. The van der Waals surface area contributed by atoms with E-state index in [9.17, 15) is 0 Å². The molecule has 1 saturated heterocycles. The number of pyridine rings is 1. The van der Waals surface area contributed by atoms with Crippen molar-refractivity contribution in [2.24, 2.45) is 0 Å². The Morgan fingerprint density at radius 2 is 1.78 bits per heavy atom. The first-order chi connectivity index (χ1) is 17.4. The monoisotopic (exact) mass is 525 g/mol. The van der Waals surface area contributed by atoms with Gasteiger partial charge in [0.05, 0.1) is 54.3 Å². The number of benzene rings is 2. The zero-order valence-electron chi connectivity index (χ0n) is 20.2. The molecule has 0 spiro atoms. The molecule has 0 aliphatic carbocycles. The predicted octanol–water partition coefficient (Wildman–Crippen LogP) is 5.32. The van der Waals surface area contributed by atoms with E-state index in [0.29, 0.717) is 61.9 Å². The molecule has 2 heterocycles. The minimum Gasteiger partial charge on any atom is -0.495 e. The average Bonchev–Trinajstić information content (AvgIpc) is 2.88. The van der Waals surface area contributed by atoms with Crippen LogP contribution in [0.5, 0.6) is 17.2 Å². The fraction of sp³-hybridized carbons (Fsp3) is 0.360. The van der Waals surface area contributed by atoms with Crippen LogP contribution in [0, 0.1) is 6.57 Å². The Kier molecular flexibility index (Phi) is 8.65. The van der Waals surface area contributed by atoms with Gasteiger partial charge in [0.15, 0.2) is 19.5 Å². The highest BCUT2D eigenvalue weighted by Gasteiger charge is 2.17. The number of piperazine rings is 1. The summed E-state index contributed by atoms with van der Waals surface area (Å²) in [7, 11) is 8.94. The third-order valence-corrected chi connectivity index (χ3v) is 6.65. The number of hydrogen-bond acceptors (Lipinski definition) is 7. The first-order valence-corrected chi connectivity index (χ1v) is 12.2. The van der Waals surface area contributed by atoms with E-state index in [1.807, 2.05) is 16.9 Å². The molecule has 11 heteroatoms. The summed E-state index contributed by atoms with van der Waals surface area (Å²) < 4.78 is 17.0. The molecule has 1 N–H and O–H groups in total. The molecule has 4 rings (SSSR count). The van der Waals surface area contributed by atoms with Crippen LogP contribution in [0.1, 0.15) is 6.42 Å². The molecule has 2 radical (unpaired) electrons. The minimum absolute atomic E-state index is 0.334. The van der Waals surface area contributed by atoms with E-state index in [-0.39, 0.29) is 0 Å². The Morgan fingerprint density at radius 3 is 2.47 bits per heavy atom. The van der Waals surface area contributed by atoms with Crippen LogP contribution in [-0.2, 0) is 0 Å². The summed E-state index contributed by atoms with van der Waals surface area (Å²) >= 11 is 12.6. The van der Waals surface area contributed by atoms with Crippen molar-refractivity contribution >= 4 is 59.1 Å². The minimum atomic E-state index is 0.334. The van der Waals surface area contributed by atoms with E-state index in [0.717, 1.165) is 39.1 Å². The van der Waals surface area contributed by atoms with Gasteiger partial charge in [-0.3, -0.25) is 4.98 Å². The van der Waals surface area contributed by atoms with E-state index in [1.54, 1.807) is 19.2 Å². The standard InChI is InChI=1S/C25H26BCl2N5O3/c1-29-21-15-30-19-13-24(36-10-4-5-32-6-8-33(26)9-7-32)23(35-3)11-16(19)25(21)31-20-14-22(34-2)18(28)12-17(20)27/h11-15H,4-10H2,2-3H3,(H,30,31). The van der Waals surface area contributed by atoms with Gasteiger partial charge in [0.25, 0.3) is 0 Å². The molecule has 8 nitrogen and oxygen atoms in total. The van der Waals surface area contributed by atoms with Crippen molar-refractivity contribution in [3.8, 4) is 17.2 Å². The topological polar surface area (TPSA) is 63.5 Å². The molecule has 2 aromatic carbocycles. The maximum atomic E-state index is 7.64.